The Hall–Kier alpha value is -2.80. The third-order valence-electron chi connectivity index (χ3n) is 5.31. The SMILES string of the molecule is Cc1ccccc1-c1ccc2c([c]cn2Cc2ccc(C(C)(C)C)cc2)c1. The van der Waals surface area contributed by atoms with E-state index >= 15 is 0 Å². The highest BCUT2D eigenvalue weighted by Crippen LogP contribution is 2.28. The molecule has 0 aliphatic heterocycles. The quantitative estimate of drug-likeness (QED) is 0.384. The Bertz CT molecular complexity index is 1080. The highest BCUT2D eigenvalue weighted by Gasteiger charge is 2.13. The molecule has 0 unspecified atom stereocenters. The summed E-state index contributed by atoms with van der Waals surface area (Å²) in [4.78, 5) is 0. The fraction of sp³-hybridized carbons (Fsp3) is 0.231. The first kappa shape index (κ1) is 17.6. The van der Waals surface area contributed by atoms with Gasteiger partial charge in [0.25, 0.3) is 0 Å². The summed E-state index contributed by atoms with van der Waals surface area (Å²) in [5.41, 5.74) is 7.96. The van der Waals surface area contributed by atoms with Crippen LogP contribution in [-0.2, 0) is 12.0 Å². The molecular formula is C26H26N. The molecule has 1 heterocycles. The average molecular weight is 353 g/mol. The number of fused-ring (bicyclic) bond motifs is 1. The highest BCUT2D eigenvalue weighted by atomic mass is 14.9. The van der Waals surface area contributed by atoms with Crippen LogP contribution in [0.2, 0.25) is 0 Å². The molecule has 4 aromatic rings. The first-order valence-corrected chi connectivity index (χ1v) is 9.58. The van der Waals surface area contributed by atoms with Crippen LogP contribution in [0.15, 0.2) is 72.9 Å². The molecule has 1 nitrogen and oxygen atoms in total. The third-order valence-corrected chi connectivity index (χ3v) is 5.31. The number of aromatic nitrogens is 1. The zero-order chi connectivity index (χ0) is 19.0. The minimum Gasteiger partial charge on any atom is -0.342 e. The second-order valence-electron chi connectivity index (χ2n) is 8.40. The molecule has 1 radical (unpaired) electrons. The van der Waals surface area contributed by atoms with E-state index in [2.05, 4.69) is 111 Å². The van der Waals surface area contributed by atoms with Gasteiger partial charge < -0.3 is 4.57 Å². The van der Waals surface area contributed by atoms with Crippen molar-refractivity contribution in [3.05, 3.63) is 95.7 Å². The van der Waals surface area contributed by atoms with Crippen molar-refractivity contribution in [1.82, 2.24) is 4.57 Å². The van der Waals surface area contributed by atoms with Crippen molar-refractivity contribution in [2.24, 2.45) is 0 Å². The lowest BCUT2D eigenvalue weighted by Gasteiger charge is -2.19. The van der Waals surface area contributed by atoms with Gasteiger partial charge in [0.2, 0.25) is 0 Å². The molecule has 0 spiro atoms. The molecule has 0 aliphatic rings. The summed E-state index contributed by atoms with van der Waals surface area (Å²) in [6, 6.07) is 27.6. The third kappa shape index (κ3) is 3.55. The Balaban J connectivity index is 1.63. The molecular weight excluding hydrogens is 326 g/mol. The summed E-state index contributed by atoms with van der Waals surface area (Å²) in [5, 5.41) is 1.17. The summed E-state index contributed by atoms with van der Waals surface area (Å²) < 4.78 is 2.28. The van der Waals surface area contributed by atoms with Crippen molar-refractivity contribution < 1.29 is 0 Å². The topological polar surface area (TPSA) is 4.93 Å². The Morgan fingerprint density at radius 3 is 2.33 bits per heavy atom. The van der Waals surface area contributed by atoms with E-state index in [9.17, 15) is 0 Å². The fourth-order valence-electron chi connectivity index (χ4n) is 3.62. The lowest BCUT2D eigenvalue weighted by Crippen LogP contribution is -2.10. The van der Waals surface area contributed by atoms with Gasteiger partial charge in [-0.05, 0) is 52.3 Å². The van der Waals surface area contributed by atoms with E-state index in [-0.39, 0.29) is 5.41 Å². The van der Waals surface area contributed by atoms with Crippen molar-refractivity contribution in [2.45, 2.75) is 39.7 Å². The van der Waals surface area contributed by atoms with Gasteiger partial charge in [0.1, 0.15) is 0 Å². The molecule has 0 fully saturated rings. The number of aryl methyl sites for hydroxylation is 1. The van der Waals surface area contributed by atoms with Crippen LogP contribution in [0.3, 0.4) is 0 Å². The van der Waals surface area contributed by atoms with E-state index in [1.165, 1.54) is 38.7 Å². The molecule has 0 amide bonds. The molecule has 0 aliphatic carbocycles. The van der Waals surface area contributed by atoms with Crippen molar-refractivity contribution in [3.8, 4) is 11.1 Å². The molecule has 4 rings (SSSR count). The maximum Gasteiger partial charge on any atom is 0.0490 e. The molecule has 1 heteroatoms. The highest BCUT2D eigenvalue weighted by molar-refractivity contribution is 5.85. The lowest BCUT2D eigenvalue weighted by atomic mass is 9.87. The van der Waals surface area contributed by atoms with E-state index in [0.717, 1.165) is 6.54 Å². The molecule has 0 N–H and O–H groups in total. The van der Waals surface area contributed by atoms with Crippen molar-refractivity contribution >= 4 is 10.9 Å². The van der Waals surface area contributed by atoms with E-state index in [1.807, 2.05) is 0 Å². The predicted molar refractivity (Wildman–Crippen MR) is 115 cm³/mol. The number of rotatable bonds is 3. The predicted octanol–water partition coefficient (Wildman–Crippen LogP) is 6.76. The van der Waals surface area contributed by atoms with Gasteiger partial charge in [0.15, 0.2) is 0 Å². The van der Waals surface area contributed by atoms with Crippen molar-refractivity contribution in [1.29, 1.82) is 0 Å². The van der Waals surface area contributed by atoms with Gasteiger partial charge in [0.05, 0.1) is 0 Å². The lowest BCUT2D eigenvalue weighted by molar-refractivity contribution is 0.590. The first-order valence-electron chi connectivity index (χ1n) is 9.58. The molecule has 135 valence electrons. The van der Waals surface area contributed by atoms with Gasteiger partial charge in [-0.15, -0.1) is 0 Å². The molecule has 1 aromatic heterocycles. The fourth-order valence-corrected chi connectivity index (χ4v) is 3.62. The smallest absolute Gasteiger partial charge is 0.0490 e. The van der Waals surface area contributed by atoms with Gasteiger partial charge in [0, 0.05) is 29.7 Å². The van der Waals surface area contributed by atoms with Crippen LogP contribution < -0.4 is 0 Å². The Morgan fingerprint density at radius 1 is 0.889 bits per heavy atom. The molecule has 0 saturated heterocycles. The molecule has 3 aromatic carbocycles. The van der Waals surface area contributed by atoms with Crippen LogP contribution in [0, 0.1) is 13.0 Å². The second kappa shape index (κ2) is 6.74. The number of hydrogen-bond donors (Lipinski definition) is 0. The average Bonchev–Trinajstić information content (AvgIpc) is 3.04. The molecule has 27 heavy (non-hydrogen) atoms. The zero-order valence-corrected chi connectivity index (χ0v) is 16.6. The van der Waals surface area contributed by atoms with Crippen LogP contribution in [0.1, 0.15) is 37.5 Å². The van der Waals surface area contributed by atoms with Gasteiger partial charge in [-0.25, -0.2) is 0 Å². The minimum atomic E-state index is 0.193. The monoisotopic (exact) mass is 352 g/mol. The Labute approximate surface area is 162 Å². The standard InChI is InChI=1S/C26H26N/c1-19-7-5-6-8-24(19)21-11-14-25-22(17-21)15-16-27(25)18-20-9-12-23(13-10-20)26(2,3)4/h5-14,16-17H,18H2,1-4H3. The zero-order valence-electron chi connectivity index (χ0n) is 16.6. The summed E-state index contributed by atoms with van der Waals surface area (Å²) in [6.07, 6.45) is 2.07. The number of nitrogens with zero attached hydrogens (tertiary/aromatic N) is 1. The van der Waals surface area contributed by atoms with Crippen molar-refractivity contribution in [3.63, 3.8) is 0 Å². The number of hydrogen-bond acceptors (Lipinski definition) is 0. The molecule has 0 saturated carbocycles. The van der Waals surface area contributed by atoms with Gasteiger partial charge in [-0.3, -0.25) is 0 Å². The van der Waals surface area contributed by atoms with Crippen LogP contribution in [-0.4, -0.2) is 4.57 Å². The number of benzene rings is 3. The maximum atomic E-state index is 3.44. The summed E-state index contributed by atoms with van der Waals surface area (Å²) in [7, 11) is 0. The van der Waals surface area contributed by atoms with E-state index in [1.54, 1.807) is 0 Å². The van der Waals surface area contributed by atoms with E-state index in [0.29, 0.717) is 0 Å². The molecule has 0 bridgehead atoms. The summed E-state index contributed by atoms with van der Waals surface area (Å²) in [6.45, 7) is 9.79. The largest absolute Gasteiger partial charge is 0.342 e. The van der Waals surface area contributed by atoms with Crippen molar-refractivity contribution in [2.75, 3.05) is 0 Å². The minimum absolute atomic E-state index is 0.193. The van der Waals surface area contributed by atoms with E-state index < -0.39 is 0 Å². The van der Waals surface area contributed by atoms with Gasteiger partial charge in [-0.2, -0.15) is 0 Å². The second-order valence-corrected chi connectivity index (χ2v) is 8.40. The van der Waals surface area contributed by atoms with Crippen LogP contribution >= 0.6 is 0 Å². The normalized spacial score (nSPS) is 11.9. The summed E-state index contributed by atoms with van der Waals surface area (Å²) >= 11 is 0. The first-order chi connectivity index (χ1) is 12.9. The molecule has 0 atom stereocenters. The maximum absolute atomic E-state index is 3.44. The van der Waals surface area contributed by atoms with Crippen LogP contribution in [0.25, 0.3) is 22.0 Å². The summed E-state index contributed by atoms with van der Waals surface area (Å²) in [5.74, 6) is 0. The van der Waals surface area contributed by atoms with Gasteiger partial charge >= 0.3 is 0 Å². The van der Waals surface area contributed by atoms with Gasteiger partial charge in [-0.1, -0.05) is 75.4 Å². The Kier molecular flexibility index (Phi) is 4.39. The van der Waals surface area contributed by atoms with E-state index in [4.69, 9.17) is 0 Å². The van der Waals surface area contributed by atoms with Crippen LogP contribution in [0.5, 0.6) is 0 Å². The Morgan fingerprint density at radius 2 is 1.63 bits per heavy atom. The van der Waals surface area contributed by atoms with Crippen LogP contribution in [0.4, 0.5) is 0 Å².